The molecule has 210 valence electrons. The van der Waals surface area contributed by atoms with E-state index in [2.05, 4.69) is 45.7 Å². The van der Waals surface area contributed by atoms with E-state index in [9.17, 15) is 9.59 Å². The molecule has 2 aromatic carbocycles. The first kappa shape index (κ1) is 32.2. The summed E-state index contributed by atoms with van der Waals surface area (Å²) in [5, 5.41) is 0. The average molecular weight is 654 g/mol. The van der Waals surface area contributed by atoms with Crippen molar-refractivity contribution in [2.45, 2.75) is 90.9 Å². The van der Waals surface area contributed by atoms with Gasteiger partial charge in [-0.3, -0.25) is 0 Å². The summed E-state index contributed by atoms with van der Waals surface area (Å²) in [6, 6.07) is 6.57. The second-order valence-corrected chi connectivity index (χ2v) is 11.4. The molecule has 4 N–H and O–H groups in total. The number of unbranched alkanes of at least 4 members (excludes halogenated alkanes) is 10. The van der Waals surface area contributed by atoms with E-state index >= 15 is 0 Å². The fourth-order valence-corrected chi connectivity index (χ4v) is 5.69. The normalized spacial score (nSPS) is 10.9. The number of nitrogens with two attached hydrogens (primary N) is 2. The van der Waals surface area contributed by atoms with Gasteiger partial charge in [0.15, 0.2) is 0 Å². The van der Waals surface area contributed by atoms with Crippen LogP contribution in [0.25, 0.3) is 11.1 Å². The van der Waals surface area contributed by atoms with Crippen molar-refractivity contribution in [1.82, 2.24) is 0 Å². The number of halogens is 2. The van der Waals surface area contributed by atoms with Gasteiger partial charge in [0.25, 0.3) is 0 Å². The molecule has 0 saturated carbocycles. The van der Waals surface area contributed by atoms with Gasteiger partial charge >= 0.3 is 11.9 Å². The number of rotatable bonds is 17. The molecular formula is C30H42Br2N2O4. The third-order valence-corrected chi connectivity index (χ3v) is 7.63. The fraction of sp³-hybridized carbons (Fsp3) is 0.533. The summed E-state index contributed by atoms with van der Waals surface area (Å²) in [4.78, 5) is 26.4. The molecule has 0 amide bonds. The second kappa shape index (κ2) is 17.5. The maximum absolute atomic E-state index is 13.2. The molecule has 0 unspecified atom stereocenters. The number of carbonyl (C=O) groups excluding carboxylic acids is 2. The van der Waals surface area contributed by atoms with Crippen molar-refractivity contribution in [3.05, 3.63) is 44.3 Å². The standard InChI is InChI=1S/C30H42Br2N2O4/c1-3-5-7-9-11-13-15-37-29(35)23-17-21(33)19-25(31)27(23)28-24(18-22(34)20-26(28)32)30(36)38-16-14-12-10-8-6-4-2/h17-20H,3-16,33-34H2,1-2H3. The minimum absolute atomic E-state index is 0.276. The lowest BCUT2D eigenvalue weighted by Gasteiger charge is -2.18. The van der Waals surface area contributed by atoms with Crippen LogP contribution in [0.4, 0.5) is 11.4 Å². The molecule has 0 atom stereocenters. The number of carbonyl (C=O) groups is 2. The molecule has 0 spiro atoms. The number of hydrogen-bond donors (Lipinski definition) is 2. The summed E-state index contributed by atoms with van der Waals surface area (Å²) in [5.74, 6) is -0.978. The average Bonchev–Trinajstić information content (AvgIpc) is 2.87. The molecule has 0 aliphatic heterocycles. The minimum Gasteiger partial charge on any atom is -0.462 e. The van der Waals surface area contributed by atoms with Crippen molar-refractivity contribution in [3.63, 3.8) is 0 Å². The van der Waals surface area contributed by atoms with Crippen LogP contribution in [0.5, 0.6) is 0 Å². The topological polar surface area (TPSA) is 105 Å². The van der Waals surface area contributed by atoms with Crippen molar-refractivity contribution in [3.8, 4) is 11.1 Å². The molecular weight excluding hydrogens is 612 g/mol. The molecule has 0 aliphatic rings. The summed E-state index contributed by atoms with van der Waals surface area (Å²) in [6.45, 7) is 5.02. The largest absolute Gasteiger partial charge is 0.462 e. The van der Waals surface area contributed by atoms with E-state index in [0.29, 0.717) is 44.7 Å². The van der Waals surface area contributed by atoms with Crippen LogP contribution in [-0.4, -0.2) is 25.2 Å². The maximum Gasteiger partial charge on any atom is 0.338 e. The third kappa shape index (κ3) is 10.3. The minimum atomic E-state index is -0.489. The predicted octanol–water partition coefficient (Wildman–Crippen LogP) is 9.08. The highest BCUT2D eigenvalue weighted by Crippen LogP contribution is 2.41. The van der Waals surface area contributed by atoms with Crippen LogP contribution in [0, 0.1) is 0 Å². The summed E-state index contributed by atoms with van der Waals surface area (Å²) < 4.78 is 12.4. The van der Waals surface area contributed by atoms with Gasteiger partial charge in [0.1, 0.15) is 0 Å². The predicted molar refractivity (Wildman–Crippen MR) is 163 cm³/mol. The molecule has 0 heterocycles. The van der Waals surface area contributed by atoms with E-state index in [1.807, 2.05) is 0 Å². The Balaban J connectivity index is 2.24. The Morgan fingerprint density at radius 1 is 0.605 bits per heavy atom. The third-order valence-electron chi connectivity index (χ3n) is 6.38. The molecule has 0 fully saturated rings. The Kier molecular flexibility index (Phi) is 14.8. The van der Waals surface area contributed by atoms with Gasteiger partial charge in [0.2, 0.25) is 0 Å². The van der Waals surface area contributed by atoms with E-state index in [0.717, 1.165) is 38.5 Å². The molecule has 0 saturated heterocycles. The summed E-state index contributed by atoms with van der Waals surface area (Å²) in [5.41, 5.74) is 14.6. The van der Waals surface area contributed by atoms with Crippen molar-refractivity contribution in [1.29, 1.82) is 0 Å². The zero-order chi connectivity index (χ0) is 27.9. The summed E-state index contributed by atoms with van der Waals surface area (Å²) >= 11 is 7.12. The summed E-state index contributed by atoms with van der Waals surface area (Å²) in [6.07, 6.45) is 13.1. The highest BCUT2D eigenvalue weighted by molar-refractivity contribution is 9.11. The van der Waals surface area contributed by atoms with Gasteiger partial charge in [-0.05, 0) is 37.1 Å². The first-order valence-corrected chi connectivity index (χ1v) is 15.4. The van der Waals surface area contributed by atoms with E-state index < -0.39 is 11.9 Å². The maximum atomic E-state index is 13.2. The van der Waals surface area contributed by atoms with Gasteiger partial charge in [-0.1, -0.05) is 110 Å². The number of esters is 2. The lowest BCUT2D eigenvalue weighted by Crippen LogP contribution is -2.13. The number of ether oxygens (including phenoxy) is 2. The lowest BCUT2D eigenvalue weighted by molar-refractivity contribution is 0.0486. The van der Waals surface area contributed by atoms with Gasteiger partial charge in [-0.15, -0.1) is 0 Å². The van der Waals surface area contributed by atoms with Crippen LogP contribution in [0.2, 0.25) is 0 Å². The molecule has 0 aliphatic carbocycles. The SMILES string of the molecule is CCCCCCCCOC(=O)c1cc(N)cc(Br)c1-c1c(Br)cc(N)cc1C(=O)OCCCCCCCC. The van der Waals surface area contributed by atoms with Crippen molar-refractivity contribution in [2.24, 2.45) is 0 Å². The molecule has 0 bridgehead atoms. The van der Waals surface area contributed by atoms with Crippen LogP contribution >= 0.6 is 31.9 Å². The van der Waals surface area contributed by atoms with Crippen molar-refractivity contribution in [2.75, 3.05) is 24.7 Å². The van der Waals surface area contributed by atoms with Gasteiger partial charge < -0.3 is 20.9 Å². The number of benzene rings is 2. The highest BCUT2D eigenvalue weighted by atomic mass is 79.9. The zero-order valence-corrected chi connectivity index (χ0v) is 25.9. The molecule has 0 aromatic heterocycles. The van der Waals surface area contributed by atoms with Gasteiger partial charge in [0, 0.05) is 31.4 Å². The van der Waals surface area contributed by atoms with Crippen LogP contribution in [0.15, 0.2) is 33.2 Å². The van der Waals surface area contributed by atoms with Gasteiger partial charge in [-0.2, -0.15) is 0 Å². The molecule has 38 heavy (non-hydrogen) atoms. The Hall–Kier alpha value is -2.06. The van der Waals surface area contributed by atoms with Crippen molar-refractivity contribution >= 4 is 55.2 Å². The van der Waals surface area contributed by atoms with Crippen molar-refractivity contribution < 1.29 is 19.1 Å². The molecule has 8 heteroatoms. The smallest absolute Gasteiger partial charge is 0.338 e. The molecule has 2 aromatic rings. The van der Waals surface area contributed by atoms with Crippen LogP contribution in [-0.2, 0) is 9.47 Å². The van der Waals surface area contributed by atoms with Crippen LogP contribution < -0.4 is 11.5 Å². The first-order valence-electron chi connectivity index (χ1n) is 13.8. The monoisotopic (exact) mass is 652 g/mol. The van der Waals surface area contributed by atoms with Gasteiger partial charge in [0.05, 0.1) is 24.3 Å². The van der Waals surface area contributed by atoms with Crippen LogP contribution in [0.1, 0.15) is 112 Å². The van der Waals surface area contributed by atoms with E-state index in [1.165, 1.54) is 38.5 Å². The van der Waals surface area contributed by atoms with E-state index in [-0.39, 0.29) is 11.1 Å². The highest BCUT2D eigenvalue weighted by Gasteiger charge is 2.26. The van der Waals surface area contributed by atoms with E-state index in [4.69, 9.17) is 20.9 Å². The molecule has 2 rings (SSSR count). The molecule has 6 nitrogen and oxygen atoms in total. The number of anilines is 2. The van der Waals surface area contributed by atoms with E-state index in [1.54, 1.807) is 24.3 Å². The Morgan fingerprint density at radius 2 is 0.947 bits per heavy atom. The van der Waals surface area contributed by atoms with Gasteiger partial charge in [-0.25, -0.2) is 9.59 Å². The number of hydrogen-bond acceptors (Lipinski definition) is 6. The second-order valence-electron chi connectivity index (χ2n) is 9.66. The fourth-order valence-electron chi connectivity index (χ4n) is 4.34. The molecule has 0 radical (unpaired) electrons. The Morgan fingerprint density at radius 3 is 1.32 bits per heavy atom. The Labute approximate surface area is 244 Å². The quantitative estimate of drug-likeness (QED) is 0.100. The number of nitrogen functional groups attached to an aromatic ring is 2. The Bertz CT molecular complexity index is 976. The first-order chi connectivity index (χ1) is 18.3. The zero-order valence-electron chi connectivity index (χ0n) is 22.8. The summed E-state index contributed by atoms with van der Waals surface area (Å²) in [7, 11) is 0. The lowest BCUT2D eigenvalue weighted by atomic mass is 9.94. The van der Waals surface area contributed by atoms with Crippen LogP contribution in [0.3, 0.4) is 0 Å².